The van der Waals surface area contributed by atoms with Gasteiger partial charge in [-0.3, -0.25) is 4.90 Å². The van der Waals surface area contributed by atoms with E-state index in [2.05, 4.69) is 59.5 Å². The summed E-state index contributed by atoms with van der Waals surface area (Å²) in [6, 6.07) is 19.4. The Hall–Kier alpha value is -1.51. The van der Waals surface area contributed by atoms with Gasteiger partial charge in [-0.2, -0.15) is 0 Å². The largest absolute Gasteiger partial charge is 0.489 e. The number of piperidine rings is 1. The molecule has 0 saturated carbocycles. The van der Waals surface area contributed by atoms with Crippen LogP contribution >= 0.6 is 12.4 Å². The van der Waals surface area contributed by atoms with Crippen LogP contribution in [0.1, 0.15) is 30.4 Å². The third-order valence-corrected chi connectivity index (χ3v) is 5.54. The van der Waals surface area contributed by atoms with Crippen molar-refractivity contribution in [3.63, 3.8) is 0 Å². The second-order valence-electron chi connectivity index (χ2n) is 7.32. The van der Waals surface area contributed by atoms with Crippen molar-refractivity contribution in [2.45, 2.75) is 38.2 Å². The van der Waals surface area contributed by atoms with Crippen LogP contribution in [0.2, 0.25) is 0 Å². The van der Waals surface area contributed by atoms with Crippen LogP contribution in [0, 0.1) is 5.92 Å². The SMILES string of the molecule is Cl.c1ccc(CC2CCN(CC3CCc4ccccc4O3)CC2)cc1. The molecule has 2 aliphatic heterocycles. The maximum absolute atomic E-state index is 6.22. The highest BCUT2D eigenvalue weighted by Gasteiger charge is 2.25. The zero-order chi connectivity index (χ0) is 16.2. The van der Waals surface area contributed by atoms with Crippen molar-refractivity contribution >= 4 is 12.4 Å². The van der Waals surface area contributed by atoms with Crippen LogP contribution < -0.4 is 4.74 Å². The van der Waals surface area contributed by atoms with Gasteiger partial charge in [0.25, 0.3) is 0 Å². The van der Waals surface area contributed by atoms with E-state index in [1.807, 2.05) is 0 Å². The van der Waals surface area contributed by atoms with Crippen molar-refractivity contribution in [3.8, 4) is 5.75 Å². The van der Waals surface area contributed by atoms with Crippen molar-refractivity contribution in [3.05, 3.63) is 65.7 Å². The molecule has 0 spiro atoms. The third kappa shape index (κ3) is 4.77. The molecule has 0 amide bonds. The van der Waals surface area contributed by atoms with Gasteiger partial charge in [0, 0.05) is 6.54 Å². The molecule has 1 saturated heterocycles. The van der Waals surface area contributed by atoms with Gasteiger partial charge in [-0.25, -0.2) is 0 Å². The van der Waals surface area contributed by atoms with Crippen molar-refractivity contribution in [1.29, 1.82) is 0 Å². The lowest BCUT2D eigenvalue weighted by molar-refractivity contribution is 0.0912. The van der Waals surface area contributed by atoms with E-state index >= 15 is 0 Å². The Kier molecular flexibility index (Phi) is 6.39. The average molecular weight is 358 g/mol. The number of benzene rings is 2. The molecule has 1 atom stereocenters. The van der Waals surface area contributed by atoms with Crippen LogP contribution in [0.4, 0.5) is 0 Å². The number of ether oxygens (including phenoxy) is 1. The summed E-state index contributed by atoms with van der Waals surface area (Å²) >= 11 is 0. The van der Waals surface area contributed by atoms with Crippen LogP contribution in [-0.4, -0.2) is 30.6 Å². The molecule has 0 aromatic heterocycles. The first-order valence-corrected chi connectivity index (χ1v) is 9.37. The summed E-state index contributed by atoms with van der Waals surface area (Å²) in [5.41, 5.74) is 2.86. The quantitative estimate of drug-likeness (QED) is 0.782. The molecule has 2 nitrogen and oxygen atoms in total. The van der Waals surface area contributed by atoms with Crippen LogP contribution in [0.25, 0.3) is 0 Å². The monoisotopic (exact) mass is 357 g/mol. The van der Waals surface area contributed by atoms with Gasteiger partial charge in [-0.1, -0.05) is 48.5 Å². The van der Waals surface area contributed by atoms with Gasteiger partial charge < -0.3 is 4.74 Å². The number of para-hydroxylation sites is 1. The van der Waals surface area contributed by atoms with E-state index in [0.717, 1.165) is 31.1 Å². The summed E-state index contributed by atoms with van der Waals surface area (Å²) in [5.74, 6) is 1.95. The van der Waals surface area contributed by atoms with Gasteiger partial charge in [-0.05, 0) is 68.3 Å². The smallest absolute Gasteiger partial charge is 0.122 e. The minimum absolute atomic E-state index is 0. The first-order valence-electron chi connectivity index (χ1n) is 9.37. The molecule has 0 bridgehead atoms. The topological polar surface area (TPSA) is 12.5 Å². The van der Waals surface area contributed by atoms with Gasteiger partial charge in [0.2, 0.25) is 0 Å². The first kappa shape index (κ1) is 18.3. The molecule has 25 heavy (non-hydrogen) atoms. The summed E-state index contributed by atoms with van der Waals surface area (Å²) in [6.45, 7) is 3.53. The molecular weight excluding hydrogens is 330 g/mol. The fourth-order valence-electron chi connectivity index (χ4n) is 4.12. The maximum atomic E-state index is 6.22. The van der Waals surface area contributed by atoms with Crippen LogP contribution in [0.15, 0.2) is 54.6 Å². The molecular formula is C22H28ClNO. The number of hydrogen-bond donors (Lipinski definition) is 0. The molecule has 1 fully saturated rings. The van der Waals surface area contributed by atoms with Crippen LogP contribution in [-0.2, 0) is 12.8 Å². The minimum atomic E-state index is 0. The van der Waals surface area contributed by atoms with E-state index in [1.54, 1.807) is 0 Å². The Balaban J connectivity index is 0.00000182. The molecule has 2 aromatic carbocycles. The zero-order valence-electron chi connectivity index (χ0n) is 14.8. The number of likely N-dealkylation sites (tertiary alicyclic amines) is 1. The Morgan fingerprint density at radius 1 is 0.880 bits per heavy atom. The summed E-state index contributed by atoms with van der Waals surface area (Å²) in [4.78, 5) is 2.61. The number of nitrogens with zero attached hydrogens (tertiary/aromatic N) is 1. The first-order chi connectivity index (χ1) is 11.9. The van der Waals surface area contributed by atoms with E-state index in [1.165, 1.54) is 43.5 Å². The van der Waals surface area contributed by atoms with Gasteiger partial charge in [0.1, 0.15) is 11.9 Å². The van der Waals surface area contributed by atoms with Gasteiger partial charge in [0.05, 0.1) is 0 Å². The van der Waals surface area contributed by atoms with Crippen molar-refractivity contribution in [1.82, 2.24) is 4.90 Å². The minimum Gasteiger partial charge on any atom is -0.489 e. The number of fused-ring (bicyclic) bond motifs is 1. The molecule has 0 N–H and O–H groups in total. The second kappa shape index (κ2) is 8.73. The number of aryl methyl sites for hydroxylation is 1. The molecule has 4 rings (SSSR count). The summed E-state index contributed by atoms with van der Waals surface area (Å²) < 4.78 is 6.22. The normalized spacial score (nSPS) is 21.0. The Labute approximate surface area is 157 Å². The van der Waals surface area contributed by atoms with Gasteiger partial charge in [0.15, 0.2) is 0 Å². The van der Waals surface area contributed by atoms with Crippen LogP contribution in [0.3, 0.4) is 0 Å². The van der Waals surface area contributed by atoms with Gasteiger partial charge >= 0.3 is 0 Å². The molecule has 3 heteroatoms. The maximum Gasteiger partial charge on any atom is 0.122 e. The fraction of sp³-hybridized carbons (Fsp3) is 0.455. The standard InChI is InChI=1S/C22H27NO.ClH/c1-2-6-18(7-3-1)16-19-12-14-23(15-13-19)17-21-11-10-20-8-4-5-9-22(20)24-21;/h1-9,19,21H,10-17H2;1H. The van der Waals surface area contributed by atoms with E-state index in [-0.39, 0.29) is 12.4 Å². The molecule has 2 aliphatic rings. The van der Waals surface area contributed by atoms with E-state index in [0.29, 0.717) is 6.10 Å². The summed E-state index contributed by atoms with van der Waals surface area (Å²) in [7, 11) is 0. The van der Waals surface area contributed by atoms with E-state index in [9.17, 15) is 0 Å². The molecule has 2 heterocycles. The highest BCUT2D eigenvalue weighted by Crippen LogP contribution is 2.28. The van der Waals surface area contributed by atoms with E-state index < -0.39 is 0 Å². The third-order valence-electron chi connectivity index (χ3n) is 5.54. The predicted octanol–water partition coefficient (Wildman–Crippen LogP) is 4.76. The van der Waals surface area contributed by atoms with Crippen molar-refractivity contribution in [2.24, 2.45) is 5.92 Å². The lowest BCUT2D eigenvalue weighted by Crippen LogP contribution is -2.42. The Morgan fingerprint density at radius 3 is 2.40 bits per heavy atom. The van der Waals surface area contributed by atoms with Gasteiger partial charge in [-0.15, -0.1) is 12.4 Å². The predicted molar refractivity (Wildman–Crippen MR) is 106 cm³/mol. The number of halogens is 1. The summed E-state index contributed by atoms with van der Waals surface area (Å²) in [6.07, 6.45) is 6.55. The molecule has 134 valence electrons. The Morgan fingerprint density at radius 2 is 1.60 bits per heavy atom. The fourth-order valence-corrected chi connectivity index (χ4v) is 4.12. The summed E-state index contributed by atoms with van der Waals surface area (Å²) in [5, 5.41) is 0. The highest BCUT2D eigenvalue weighted by atomic mass is 35.5. The lowest BCUT2D eigenvalue weighted by Gasteiger charge is -2.35. The molecule has 0 radical (unpaired) electrons. The molecule has 0 aliphatic carbocycles. The second-order valence-corrected chi connectivity index (χ2v) is 7.32. The number of hydrogen-bond acceptors (Lipinski definition) is 2. The van der Waals surface area contributed by atoms with E-state index in [4.69, 9.17) is 4.74 Å². The number of rotatable bonds is 4. The average Bonchev–Trinajstić information content (AvgIpc) is 2.64. The van der Waals surface area contributed by atoms with Crippen molar-refractivity contribution in [2.75, 3.05) is 19.6 Å². The molecule has 1 unspecified atom stereocenters. The zero-order valence-corrected chi connectivity index (χ0v) is 15.6. The van der Waals surface area contributed by atoms with Crippen molar-refractivity contribution < 1.29 is 4.74 Å². The van der Waals surface area contributed by atoms with Crippen LogP contribution in [0.5, 0.6) is 5.75 Å². The molecule has 2 aromatic rings. The highest BCUT2D eigenvalue weighted by molar-refractivity contribution is 5.85. The lowest BCUT2D eigenvalue weighted by atomic mass is 9.90. The Bertz CT molecular complexity index is 652.